The molecule has 1 unspecified atom stereocenters. The third-order valence-electron chi connectivity index (χ3n) is 2.61. The van der Waals surface area contributed by atoms with Crippen LogP contribution in [0.4, 0.5) is 9.80 Å². The molecule has 0 bridgehead atoms. The number of carbonyl (C=O) groups excluding carboxylic acids is 3. The molecule has 98 valence electrons. The van der Waals surface area contributed by atoms with Gasteiger partial charge >= 0.3 is 12.0 Å². The molecule has 1 aliphatic rings. The molecule has 1 aliphatic heterocycles. The van der Waals surface area contributed by atoms with E-state index in [2.05, 4.69) is 10.1 Å². The maximum atomic E-state index is 11.8. The van der Waals surface area contributed by atoms with E-state index in [9.17, 15) is 14.4 Å². The number of hydrogen-bond donors (Lipinski definition) is 1. The quantitative estimate of drug-likeness (QED) is 0.804. The number of ether oxygens (including phenoxy) is 1. The third-order valence-corrected chi connectivity index (χ3v) is 3.54. The molecular weight excluding hydrogens is 270 g/mol. The summed E-state index contributed by atoms with van der Waals surface area (Å²) in [4.78, 5) is 35.9. The van der Waals surface area contributed by atoms with E-state index in [0.717, 1.165) is 11.3 Å². The summed E-state index contributed by atoms with van der Waals surface area (Å²) in [6, 6.07) is 2.69. The van der Waals surface area contributed by atoms with Crippen LogP contribution in [0.2, 0.25) is 0 Å². The van der Waals surface area contributed by atoms with Crippen molar-refractivity contribution in [2.45, 2.75) is 0 Å². The first-order valence-corrected chi connectivity index (χ1v) is 6.14. The number of nitriles is 1. The Morgan fingerprint density at radius 3 is 3.00 bits per heavy atom. The zero-order valence-electron chi connectivity index (χ0n) is 9.87. The normalized spacial score (nSPS) is 18.7. The fourth-order valence-corrected chi connectivity index (χ4v) is 2.55. The van der Waals surface area contributed by atoms with Crippen molar-refractivity contribution in [3.05, 3.63) is 17.0 Å². The van der Waals surface area contributed by atoms with Gasteiger partial charge in [-0.15, -0.1) is 11.3 Å². The SMILES string of the molecule is COC(=O)c1ccsc1N1CC(C#N)C(=O)NC1=O. The third kappa shape index (κ3) is 2.28. The minimum atomic E-state index is -0.953. The lowest BCUT2D eigenvalue weighted by atomic mass is 10.1. The molecule has 2 heterocycles. The minimum Gasteiger partial charge on any atom is -0.465 e. The van der Waals surface area contributed by atoms with E-state index in [4.69, 9.17) is 5.26 Å². The largest absolute Gasteiger partial charge is 0.465 e. The van der Waals surface area contributed by atoms with Gasteiger partial charge in [0, 0.05) is 0 Å². The van der Waals surface area contributed by atoms with Crippen molar-refractivity contribution in [3.8, 4) is 6.07 Å². The summed E-state index contributed by atoms with van der Waals surface area (Å²) in [5.41, 5.74) is 0.230. The Morgan fingerprint density at radius 2 is 2.37 bits per heavy atom. The average molecular weight is 279 g/mol. The highest BCUT2D eigenvalue weighted by molar-refractivity contribution is 7.14. The van der Waals surface area contributed by atoms with Gasteiger partial charge in [0.25, 0.3) is 0 Å². The van der Waals surface area contributed by atoms with E-state index in [1.807, 2.05) is 6.07 Å². The maximum Gasteiger partial charge on any atom is 0.340 e. The summed E-state index contributed by atoms with van der Waals surface area (Å²) in [6.07, 6.45) is 0. The number of esters is 1. The van der Waals surface area contributed by atoms with Crippen LogP contribution in [0, 0.1) is 17.2 Å². The van der Waals surface area contributed by atoms with Crippen LogP contribution in [-0.2, 0) is 9.53 Å². The van der Waals surface area contributed by atoms with Crippen molar-refractivity contribution in [1.29, 1.82) is 5.26 Å². The second kappa shape index (κ2) is 5.07. The molecule has 7 nitrogen and oxygen atoms in total. The highest BCUT2D eigenvalue weighted by atomic mass is 32.1. The molecule has 0 saturated carbocycles. The summed E-state index contributed by atoms with van der Waals surface area (Å²) in [7, 11) is 1.24. The first-order valence-electron chi connectivity index (χ1n) is 5.26. The fourth-order valence-electron chi connectivity index (χ4n) is 1.66. The summed E-state index contributed by atoms with van der Waals surface area (Å²) in [5, 5.41) is 12.9. The van der Waals surface area contributed by atoms with Gasteiger partial charge in [-0.1, -0.05) is 0 Å². The topological polar surface area (TPSA) is 99.5 Å². The number of urea groups is 1. The number of carbonyl (C=O) groups is 3. The number of imide groups is 1. The molecule has 19 heavy (non-hydrogen) atoms. The van der Waals surface area contributed by atoms with Crippen LogP contribution in [0.25, 0.3) is 0 Å². The Morgan fingerprint density at radius 1 is 1.63 bits per heavy atom. The second-order valence-corrected chi connectivity index (χ2v) is 4.61. The Bertz CT molecular complexity index is 589. The van der Waals surface area contributed by atoms with E-state index < -0.39 is 23.8 Å². The molecule has 8 heteroatoms. The number of hydrogen-bond acceptors (Lipinski definition) is 6. The van der Waals surface area contributed by atoms with Gasteiger partial charge in [-0.3, -0.25) is 15.0 Å². The van der Waals surface area contributed by atoms with Crippen LogP contribution in [0.5, 0.6) is 0 Å². The van der Waals surface area contributed by atoms with Crippen LogP contribution in [0.15, 0.2) is 11.4 Å². The lowest BCUT2D eigenvalue weighted by Gasteiger charge is -2.28. The minimum absolute atomic E-state index is 0.0777. The Hall–Kier alpha value is -2.40. The monoisotopic (exact) mass is 279 g/mol. The average Bonchev–Trinajstić information content (AvgIpc) is 2.87. The Labute approximate surface area is 112 Å². The summed E-state index contributed by atoms with van der Waals surface area (Å²) < 4.78 is 4.61. The van der Waals surface area contributed by atoms with Gasteiger partial charge in [0.1, 0.15) is 10.9 Å². The summed E-state index contributed by atoms with van der Waals surface area (Å²) in [6.45, 7) is -0.0777. The molecule has 1 aromatic rings. The first kappa shape index (κ1) is 13.0. The molecular formula is C11H9N3O4S. The van der Waals surface area contributed by atoms with Crippen molar-refractivity contribution < 1.29 is 19.1 Å². The lowest BCUT2D eigenvalue weighted by Crippen LogP contribution is -2.54. The smallest absolute Gasteiger partial charge is 0.340 e. The van der Waals surface area contributed by atoms with Crippen molar-refractivity contribution in [3.63, 3.8) is 0 Å². The molecule has 1 saturated heterocycles. The van der Waals surface area contributed by atoms with Gasteiger partial charge in [-0.2, -0.15) is 5.26 Å². The maximum absolute atomic E-state index is 11.8. The van der Waals surface area contributed by atoms with Crippen LogP contribution in [-0.4, -0.2) is 31.6 Å². The van der Waals surface area contributed by atoms with Gasteiger partial charge in [0.2, 0.25) is 5.91 Å². The van der Waals surface area contributed by atoms with E-state index in [-0.39, 0.29) is 12.1 Å². The number of thiophene rings is 1. The van der Waals surface area contributed by atoms with Crippen molar-refractivity contribution >= 4 is 34.2 Å². The number of rotatable bonds is 2. The summed E-state index contributed by atoms with van der Waals surface area (Å²) >= 11 is 1.16. The van der Waals surface area contributed by atoms with Crippen LogP contribution >= 0.6 is 11.3 Å². The van der Waals surface area contributed by atoms with Gasteiger partial charge in [0.15, 0.2) is 0 Å². The van der Waals surface area contributed by atoms with Crippen LogP contribution < -0.4 is 10.2 Å². The van der Waals surface area contributed by atoms with Gasteiger partial charge in [-0.25, -0.2) is 9.59 Å². The number of methoxy groups -OCH3 is 1. The van der Waals surface area contributed by atoms with E-state index in [0.29, 0.717) is 5.00 Å². The molecule has 0 radical (unpaired) electrons. The van der Waals surface area contributed by atoms with Gasteiger partial charge in [0.05, 0.1) is 25.3 Å². The van der Waals surface area contributed by atoms with Gasteiger partial charge < -0.3 is 4.74 Å². The summed E-state index contributed by atoms with van der Waals surface area (Å²) in [5.74, 6) is -2.15. The standard InChI is InChI=1S/C11H9N3O4S/c1-18-10(16)7-2-3-19-9(7)14-5-6(4-12)8(15)13-11(14)17/h2-3,6H,5H2,1H3,(H,13,15,17). The Balaban J connectivity index is 2.34. The number of amides is 3. The molecule has 0 spiro atoms. The lowest BCUT2D eigenvalue weighted by molar-refractivity contribution is -0.122. The van der Waals surface area contributed by atoms with Crippen LogP contribution in [0.3, 0.4) is 0 Å². The molecule has 1 N–H and O–H groups in total. The zero-order valence-corrected chi connectivity index (χ0v) is 10.7. The predicted octanol–water partition coefficient (Wildman–Crippen LogP) is 0.731. The highest BCUT2D eigenvalue weighted by Gasteiger charge is 2.35. The van der Waals surface area contributed by atoms with Crippen molar-refractivity contribution in [2.75, 3.05) is 18.6 Å². The number of nitrogens with one attached hydrogen (secondary N) is 1. The molecule has 2 rings (SSSR count). The van der Waals surface area contributed by atoms with Crippen LogP contribution in [0.1, 0.15) is 10.4 Å². The highest BCUT2D eigenvalue weighted by Crippen LogP contribution is 2.30. The van der Waals surface area contributed by atoms with E-state index in [1.165, 1.54) is 18.1 Å². The molecule has 0 aliphatic carbocycles. The first-order chi connectivity index (χ1) is 9.08. The second-order valence-electron chi connectivity index (χ2n) is 3.72. The van der Waals surface area contributed by atoms with Crippen molar-refractivity contribution in [1.82, 2.24) is 5.32 Å². The zero-order chi connectivity index (χ0) is 14.0. The predicted molar refractivity (Wildman–Crippen MR) is 65.6 cm³/mol. The van der Waals surface area contributed by atoms with E-state index >= 15 is 0 Å². The fraction of sp³-hybridized carbons (Fsp3) is 0.273. The number of anilines is 1. The Kier molecular flexibility index (Phi) is 3.48. The molecule has 1 aromatic heterocycles. The van der Waals surface area contributed by atoms with Crippen molar-refractivity contribution in [2.24, 2.45) is 5.92 Å². The number of nitrogens with zero attached hydrogens (tertiary/aromatic N) is 2. The molecule has 1 atom stereocenters. The molecule has 3 amide bonds. The molecule has 0 aromatic carbocycles. The molecule has 1 fully saturated rings. The van der Waals surface area contributed by atoms with E-state index in [1.54, 1.807) is 5.38 Å². The van der Waals surface area contributed by atoms with Gasteiger partial charge in [-0.05, 0) is 11.4 Å².